The summed E-state index contributed by atoms with van der Waals surface area (Å²) in [4.78, 5) is 14.4. The van der Waals surface area contributed by atoms with Crippen LogP contribution in [-0.4, -0.2) is 24.0 Å². The largest absolute Gasteiger partial charge is 0.343 e. The van der Waals surface area contributed by atoms with Crippen LogP contribution in [0.3, 0.4) is 0 Å². The Morgan fingerprint density at radius 3 is 2.46 bits per heavy atom. The molecule has 0 aromatic carbocycles. The summed E-state index contributed by atoms with van der Waals surface area (Å²) < 4.78 is 5.24. The Balaban J connectivity index is 2.74. The van der Waals surface area contributed by atoms with Gasteiger partial charge in [-0.3, -0.25) is 9.22 Å². The van der Waals surface area contributed by atoms with Gasteiger partial charge in [0.15, 0.2) is 0 Å². The molecular weight excluding hydrogens is 166 g/mol. The predicted molar refractivity (Wildman–Crippen MR) is 51.9 cm³/mol. The number of aliphatic imine (C=N–C) groups is 1. The van der Waals surface area contributed by atoms with Gasteiger partial charge in [-0.15, -0.1) is 0 Å². The quantitative estimate of drug-likeness (QED) is 0.439. The minimum absolute atomic E-state index is 0.191. The predicted octanol–water partition coefficient (Wildman–Crippen LogP) is 1.22. The first-order valence-electron chi connectivity index (χ1n) is 4.17. The van der Waals surface area contributed by atoms with E-state index in [9.17, 15) is 4.79 Å². The topological polar surface area (TPSA) is 40.7 Å². The third-order valence-corrected chi connectivity index (χ3v) is 1.43. The highest BCUT2D eigenvalue weighted by atomic mass is 16.4. The third-order valence-electron chi connectivity index (χ3n) is 1.43. The molecule has 1 rings (SSSR count). The molecule has 3 nitrogen and oxygen atoms in total. The lowest BCUT2D eigenvalue weighted by Crippen LogP contribution is -2.04. The van der Waals surface area contributed by atoms with Gasteiger partial charge in [0, 0.05) is 26.0 Å². The number of amides is 1. The lowest BCUT2D eigenvalue weighted by atomic mass is 10.1. The van der Waals surface area contributed by atoms with E-state index >= 15 is 0 Å². The van der Waals surface area contributed by atoms with Crippen LogP contribution in [0.4, 0.5) is 0 Å². The van der Waals surface area contributed by atoms with Gasteiger partial charge < -0.3 is 0 Å². The van der Waals surface area contributed by atoms with Crippen molar-refractivity contribution in [1.29, 1.82) is 0 Å². The smallest absolute Gasteiger partial charge is 0.273 e. The van der Waals surface area contributed by atoms with Crippen LogP contribution in [0.25, 0.3) is 0 Å². The van der Waals surface area contributed by atoms with Gasteiger partial charge in [-0.2, -0.15) is 0 Å². The summed E-state index contributed by atoms with van der Waals surface area (Å²) in [6, 6.07) is 0. The van der Waals surface area contributed by atoms with Gasteiger partial charge in [-0.1, -0.05) is 0 Å². The molecule has 13 heavy (non-hydrogen) atoms. The Morgan fingerprint density at radius 1 is 1.38 bits per heavy atom. The first-order valence-corrected chi connectivity index (χ1v) is 4.17. The van der Waals surface area contributed by atoms with Crippen LogP contribution >= 0.6 is 0 Å². The Labute approximate surface area is 77.2 Å². The normalized spacial score (nSPS) is 14.6. The van der Waals surface area contributed by atoms with Crippen molar-refractivity contribution in [3.63, 3.8) is 0 Å². The maximum Gasteiger partial charge on any atom is 0.343 e. The van der Waals surface area contributed by atoms with Crippen LogP contribution in [0.5, 0.6) is 0 Å². The van der Waals surface area contributed by atoms with Gasteiger partial charge in [0.25, 0.3) is 6.61 Å². The maximum atomic E-state index is 10.6. The number of nitrogens with zero attached hydrogens (tertiary/aromatic N) is 1. The Hall–Kier alpha value is -1.51. The molecule has 0 fully saturated rings. The number of carbonyl (C=O) groups excluding carboxylic acids is 2. The van der Waals surface area contributed by atoms with Crippen molar-refractivity contribution < 1.29 is 9.22 Å². The number of hydrogen-bond donors (Lipinski definition) is 0. The number of hydrogen-bond acceptors (Lipinski definition) is 1. The zero-order valence-corrected chi connectivity index (χ0v) is 7.78. The highest BCUT2D eigenvalue weighted by Crippen LogP contribution is 1.96. The Kier molecular flexibility index (Phi) is 3.31. The van der Waals surface area contributed by atoms with Crippen LogP contribution in [0, 0.1) is 0 Å². The van der Waals surface area contributed by atoms with Crippen molar-refractivity contribution in [2.24, 2.45) is 4.99 Å². The summed E-state index contributed by atoms with van der Waals surface area (Å²) in [6.45, 7) is 3.99. The van der Waals surface area contributed by atoms with Crippen molar-refractivity contribution in [3.05, 3.63) is 24.3 Å². The van der Waals surface area contributed by atoms with E-state index in [-0.39, 0.29) is 5.91 Å². The van der Waals surface area contributed by atoms with Crippen molar-refractivity contribution >= 4 is 17.4 Å². The molecule has 0 aromatic heterocycles. The highest BCUT2D eigenvalue weighted by molar-refractivity contribution is 6.18. The zero-order valence-electron chi connectivity index (χ0n) is 7.78. The van der Waals surface area contributed by atoms with E-state index in [1.165, 1.54) is 6.92 Å². The molecule has 0 aromatic rings. The summed E-state index contributed by atoms with van der Waals surface area (Å²) in [5.41, 5.74) is 0.663. The fourth-order valence-electron chi connectivity index (χ4n) is 0.965. The van der Waals surface area contributed by atoms with E-state index in [0.717, 1.165) is 5.78 Å². The summed E-state index contributed by atoms with van der Waals surface area (Å²) in [7, 11) is 0. The van der Waals surface area contributed by atoms with E-state index in [2.05, 4.69) is 4.99 Å². The van der Waals surface area contributed by atoms with Gasteiger partial charge in [0.2, 0.25) is 5.91 Å². The number of rotatable bonds is 1. The molecule has 1 amide bonds. The molecule has 1 aliphatic rings. The zero-order chi connectivity index (χ0) is 9.68. The maximum absolute atomic E-state index is 10.6. The monoisotopic (exact) mass is 178 g/mol. The number of allylic oxidation sites excluding steroid dienone is 4. The third kappa shape index (κ3) is 3.15. The Bertz CT molecular complexity index is 304. The van der Waals surface area contributed by atoms with Crippen molar-refractivity contribution in [1.82, 2.24) is 0 Å². The van der Waals surface area contributed by atoms with Gasteiger partial charge in [0.1, 0.15) is 0 Å². The molecule has 0 spiro atoms. The van der Waals surface area contributed by atoms with Crippen LogP contribution in [0.15, 0.2) is 29.3 Å². The second kappa shape index (κ2) is 4.50. The molecule has 0 atom stereocenters. The highest BCUT2D eigenvalue weighted by Gasteiger charge is 2.07. The molecule has 0 unspecified atom stereocenters. The van der Waals surface area contributed by atoms with Gasteiger partial charge >= 0.3 is 5.78 Å². The molecule has 0 heterocycles. The fraction of sp³-hybridized carbons (Fsp3) is 0.300. The molecule has 0 N–H and O–H groups in total. The van der Waals surface area contributed by atoms with Crippen LogP contribution in [0.2, 0.25) is 0 Å². The molecule has 3 heteroatoms. The average molecular weight is 178 g/mol. The van der Waals surface area contributed by atoms with E-state index in [1.54, 1.807) is 24.3 Å². The molecule has 68 valence electrons. The lowest BCUT2D eigenvalue weighted by molar-refractivity contribution is -0.450. The molecule has 0 bridgehead atoms. The second-order valence-corrected chi connectivity index (χ2v) is 2.56. The fourth-order valence-corrected chi connectivity index (χ4v) is 0.965. The molecule has 0 radical (unpaired) electrons. The van der Waals surface area contributed by atoms with Crippen molar-refractivity contribution in [2.75, 3.05) is 6.61 Å². The lowest BCUT2D eigenvalue weighted by Gasteiger charge is -1.93. The first-order chi connectivity index (χ1) is 6.22. The first kappa shape index (κ1) is 9.58. The van der Waals surface area contributed by atoms with E-state index in [4.69, 9.17) is 4.42 Å². The summed E-state index contributed by atoms with van der Waals surface area (Å²) in [6.07, 6.45) is 7.11. The Morgan fingerprint density at radius 2 is 2.00 bits per heavy atom. The van der Waals surface area contributed by atoms with Gasteiger partial charge in [-0.05, 0) is 12.2 Å². The standard InChI is InChI=1S/C10H12NO2/c1-3-13-10-6-4-9(5-7-10)11-8(2)12/h4-7H,3H2,1-2H3/q+1. The summed E-state index contributed by atoms with van der Waals surface area (Å²) in [5, 5.41) is 0. The molecular formula is C10H12NO2+. The molecule has 0 saturated heterocycles. The van der Waals surface area contributed by atoms with Crippen molar-refractivity contribution in [2.45, 2.75) is 13.8 Å². The molecule has 0 saturated carbocycles. The number of carbonyl (C=O) groups is 1. The second-order valence-electron chi connectivity index (χ2n) is 2.56. The minimum Gasteiger partial charge on any atom is -0.273 e. The van der Waals surface area contributed by atoms with Gasteiger partial charge in [-0.25, -0.2) is 4.99 Å². The molecule has 1 aliphatic carbocycles. The van der Waals surface area contributed by atoms with Crippen LogP contribution in [0.1, 0.15) is 13.8 Å². The summed E-state index contributed by atoms with van der Waals surface area (Å²) in [5.74, 6) is 0.606. The molecule has 0 aliphatic heterocycles. The average Bonchev–Trinajstić information content (AvgIpc) is 2.08. The SMILES string of the molecule is CC[O+]=C1C=CC(=NC(C)=O)C=C1. The number of ketones is 1. The van der Waals surface area contributed by atoms with Gasteiger partial charge in [0.05, 0.1) is 5.71 Å². The van der Waals surface area contributed by atoms with E-state index in [1.807, 2.05) is 6.92 Å². The van der Waals surface area contributed by atoms with Crippen LogP contribution < -0.4 is 0 Å². The van der Waals surface area contributed by atoms with E-state index in [0.29, 0.717) is 12.3 Å². The summed E-state index contributed by atoms with van der Waals surface area (Å²) >= 11 is 0. The minimum atomic E-state index is -0.191. The van der Waals surface area contributed by atoms with Crippen molar-refractivity contribution in [3.8, 4) is 0 Å². The van der Waals surface area contributed by atoms with Crippen LogP contribution in [-0.2, 0) is 9.22 Å². The van der Waals surface area contributed by atoms with E-state index < -0.39 is 0 Å².